The van der Waals surface area contributed by atoms with Crippen LogP contribution in [0.5, 0.6) is 5.75 Å². The Balaban J connectivity index is 2.06. The second-order valence-corrected chi connectivity index (χ2v) is 6.25. The highest BCUT2D eigenvalue weighted by atomic mass is 16.5. The summed E-state index contributed by atoms with van der Waals surface area (Å²) in [6.07, 6.45) is 0.872. The number of hydrogen-bond donors (Lipinski definition) is 2. The van der Waals surface area contributed by atoms with Crippen molar-refractivity contribution in [1.29, 1.82) is 0 Å². The maximum absolute atomic E-state index is 6.02. The molecule has 2 atom stereocenters. The number of methoxy groups -OCH3 is 2. The molecule has 0 radical (unpaired) electrons. The average molecular weight is 291 g/mol. The number of aliphatic imine (C=N–C) groups is 1. The van der Waals surface area contributed by atoms with Crippen LogP contribution in [0.1, 0.15) is 27.2 Å². The lowest BCUT2D eigenvalue weighted by molar-refractivity contribution is -0.171. The molecule has 0 bridgehead atoms. The molecule has 1 aromatic carbocycles. The first-order valence-electron chi connectivity index (χ1n) is 7.12. The summed E-state index contributed by atoms with van der Waals surface area (Å²) in [5.41, 5.74) is 6.70. The van der Waals surface area contributed by atoms with E-state index in [1.165, 1.54) is 0 Å². The van der Waals surface area contributed by atoms with Gasteiger partial charge in [0, 0.05) is 24.3 Å². The topological polar surface area (TPSA) is 68.9 Å². The van der Waals surface area contributed by atoms with Gasteiger partial charge in [0.15, 0.2) is 5.96 Å². The summed E-state index contributed by atoms with van der Waals surface area (Å²) in [4.78, 5) is 4.59. The van der Waals surface area contributed by atoms with Crippen molar-refractivity contribution < 1.29 is 9.47 Å². The van der Waals surface area contributed by atoms with Crippen molar-refractivity contribution >= 4 is 11.6 Å². The largest absolute Gasteiger partial charge is 0.497 e. The Hall–Kier alpha value is -1.75. The number of benzene rings is 1. The van der Waals surface area contributed by atoms with Crippen LogP contribution in [-0.4, -0.2) is 31.8 Å². The van der Waals surface area contributed by atoms with Gasteiger partial charge in [0.05, 0.1) is 18.8 Å². The standard InChI is InChI=1S/C16H25N3O2/c1-15(2)13(10-16(15,3)21-5)19-14(17)18-11-7-6-8-12(9-11)20-4/h6-9,13H,10H2,1-5H3,(H3,17,18,19). The summed E-state index contributed by atoms with van der Waals surface area (Å²) in [6.45, 7) is 6.44. The Labute approximate surface area is 126 Å². The monoisotopic (exact) mass is 291 g/mol. The first kappa shape index (κ1) is 15.6. The summed E-state index contributed by atoms with van der Waals surface area (Å²) < 4.78 is 10.8. The van der Waals surface area contributed by atoms with Crippen LogP contribution in [0.2, 0.25) is 0 Å². The molecule has 0 aromatic heterocycles. The highest BCUT2D eigenvalue weighted by Crippen LogP contribution is 2.53. The molecule has 1 saturated carbocycles. The molecule has 3 N–H and O–H groups in total. The maximum atomic E-state index is 6.02. The van der Waals surface area contributed by atoms with Crippen LogP contribution in [0, 0.1) is 5.41 Å². The fraction of sp³-hybridized carbons (Fsp3) is 0.562. The zero-order valence-electron chi connectivity index (χ0n) is 13.4. The van der Waals surface area contributed by atoms with Gasteiger partial charge in [-0.05, 0) is 25.5 Å². The Morgan fingerprint density at radius 3 is 2.62 bits per heavy atom. The van der Waals surface area contributed by atoms with Gasteiger partial charge in [-0.25, -0.2) is 4.99 Å². The molecular weight excluding hydrogens is 266 g/mol. The van der Waals surface area contributed by atoms with Gasteiger partial charge in [-0.2, -0.15) is 0 Å². The molecule has 1 aliphatic rings. The van der Waals surface area contributed by atoms with Gasteiger partial charge in [0.25, 0.3) is 0 Å². The molecule has 2 unspecified atom stereocenters. The van der Waals surface area contributed by atoms with Crippen molar-refractivity contribution in [3.8, 4) is 5.75 Å². The predicted molar refractivity (Wildman–Crippen MR) is 85.8 cm³/mol. The number of hydrogen-bond acceptors (Lipinski definition) is 3. The van der Waals surface area contributed by atoms with E-state index < -0.39 is 0 Å². The van der Waals surface area contributed by atoms with E-state index >= 15 is 0 Å². The van der Waals surface area contributed by atoms with Crippen molar-refractivity contribution in [2.45, 2.75) is 38.8 Å². The van der Waals surface area contributed by atoms with E-state index in [4.69, 9.17) is 15.2 Å². The van der Waals surface area contributed by atoms with Gasteiger partial charge >= 0.3 is 0 Å². The SMILES string of the molecule is COc1cccc(NC(N)=NC2CC(C)(OC)C2(C)C)c1. The van der Waals surface area contributed by atoms with Crippen molar-refractivity contribution in [3.63, 3.8) is 0 Å². The van der Waals surface area contributed by atoms with E-state index in [1.54, 1.807) is 14.2 Å². The molecule has 21 heavy (non-hydrogen) atoms. The fourth-order valence-electron chi connectivity index (χ4n) is 2.71. The average Bonchev–Trinajstić information content (AvgIpc) is 2.46. The van der Waals surface area contributed by atoms with E-state index in [9.17, 15) is 0 Å². The Kier molecular flexibility index (Phi) is 4.14. The zero-order valence-corrected chi connectivity index (χ0v) is 13.4. The smallest absolute Gasteiger partial charge is 0.193 e. The third-order valence-electron chi connectivity index (χ3n) is 4.87. The van der Waals surface area contributed by atoms with E-state index in [2.05, 4.69) is 31.1 Å². The highest BCUT2D eigenvalue weighted by Gasteiger charge is 2.58. The molecule has 1 fully saturated rings. The molecule has 1 aliphatic carbocycles. The van der Waals surface area contributed by atoms with Gasteiger partial charge < -0.3 is 20.5 Å². The van der Waals surface area contributed by atoms with Crippen LogP contribution in [0.25, 0.3) is 0 Å². The van der Waals surface area contributed by atoms with Crippen molar-refractivity contribution in [3.05, 3.63) is 24.3 Å². The number of ether oxygens (including phenoxy) is 2. The van der Waals surface area contributed by atoms with Gasteiger partial charge in [-0.15, -0.1) is 0 Å². The normalized spacial score (nSPS) is 27.9. The zero-order chi connectivity index (χ0) is 15.7. The highest BCUT2D eigenvalue weighted by molar-refractivity contribution is 5.92. The van der Waals surface area contributed by atoms with Crippen LogP contribution in [0.4, 0.5) is 5.69 Å². The predicted octanol–water partition coefficient (Wildman–Crippen LogP) is 2.63. The van der Waals surface area contributed by atoms with E-state index in [1.807, 2.05) is 24.3 Å². The molecule has 0 amide bonds. The molecule has 0 spiro atoms. The van der Waals surface area contributed by atoms with Crippen LogP contribution >= 0.6 is 0 Å². The minimum Gasteiger partial charge on any atom is -0.497 e. The Morgan fingerprint density at radius 1 is 1.33 bits per heavy atom. The van der Waals surface area contributed by atoms with Crippen LogP contribution in [0.15, 0.2) is 29.3 Å². The van der Waals surface area contributed by atoms with Gasteiger partial charge in [-0.3, -0.25) is 0 Å². The number of anilines is 1. The summed E-state index contributed by atoms with van der Waals surface area (Å²) in [5.74, 6) is 1.20. The minimum absolute atomic E-state index is 0.0393. The molecule has 116 valence electrons. The van der Waals surface area contributed by atoms with E-state index in [-0.39, 0.29) is 17.1 Å². The molecule has 2 rings (SSSR count). The first-order valence-corrected chi connectivity index (χ1v) is 7.12. The molecule has 0 aliphatic heterocycles. The summed E-state index contributed by atoms with van der Waals surface area (Å²) in [5, 5.41) is 3.11. The third kappa shape index (κ3) is 2.83. The fourth-order valence-corrected chi connectivity index (χ4v) is 2.71. The lowest BCUT2D eigenvalue weighted by Crippen LogP contribution is -2.62. The Morgan fingerprint density at radius 2 is 2.05 bits per heavy atom. The second kappa shape index (κ2) is 5.56. The molecule has 0 heterocycles. The van der Waals surface area contributed by atoms with Gasteiger partial charge in [0.2, 0.25) is 0 Å². The van der Waals surface area contributed by atoms with Crippen molar-refractivity contribution in [2.24, 2.45) is 16.1 Å². The van der Waals surface area contributed by atoms with E-state index in [0.29, 0.717) is 5.96 Å². The molecule has 5 nitrogen and oxygen atoms in total. The minimum atomic E-state index is -0.141. The summed E-state index contributed by atoms with van der Waals surface area (Å²) >= 11 is 0. The lowest BCUT2D eigenvalue weighted by atomic mass is 9.56. The number of rotatable bonds is 4. The molecule has 5 heteroatoms. The maximum Gasteiger partial charge on any atom is 0.193 e. The summed E-state index contributed by atoms with van der Waals surface area (Å²) in [7, 11) is 3.39. The first-order chi connectivity index (χ1) is 9.82. The van der Waals surface area contributed by atoms with Crippen LogP contribution in [-0.2, 0) is 4.74 Å². The lowest BCUT2D eigenvalue weighted by Gasteiger charge is -2.57. The van der Waals surface area contributed by atoms with E-state index in [0.717, 1.165) is 17.9 Å². The Bertz CT molecular complexity index is 542. The number of guanidine groups is 1. The van der Waals surface area contributed by atoms with Crippen LogP contribution in [0.3, 0.4) is 0 Å². The molecule has 1 aromatic rings. The summed E-state index contributed by atoms with van der Waals surface area (Å²) in [6, 6.07) is 7.76. The van der Waals surface area contributed by atoms with Crippen LogP contribution < -0.4 is 15.8 Å². The quantitative estimate of drug-likeness (QED) is 0.661. The molecular formula is C16H25N3O2. The second-order valence-electron chi connectivity index (χ2n) is 6.25. The number of nitrogens with one attached hydrogen (secondary N) is 1. The van der Waals surface area contributed by atoms with Crippen molar-refractivity contribution in [2.75, 3.05) is 19.5 Å². The third-order valence-corrected chi connectivity index (χ3v) is 4.87. The van der Waals surface area contributed by atoms with Crippen molar-refractivity contribution in [1.82, 2.24) is 0 Å². The van der Waals surface area contributed by atoms with Gasteiger partial charge in [-0.1, -0.05) is 19.9 Å². The number of nitrogens with two attached hydrogens (primary N) is 1. The number of nitrogens with zero attached hydrogens (tertiary/aromatic N) is 1. The molecule has 0 saturated heterocycles. The van der Waals surface area contributed by atoms with Gasteiger partial charge in [0.1, 0.15) is 5.75 Å².